The fraction of sp³-hybridized carbons (Fsp3) is 0.200. The average Bonchev–Trinajstić information content (AvgIpc) is 2.91. The van der Waals surface area contributed by atoms with E-state index in [-0.39, 0.29) is 5.91 Å². The first-order valence-corrected chi connectivity index (χ1v) is 7.41. The summed E-state index contributed by atoms with van der Waals surface area (Å²) < 4.78 is 5.88. The molecule has 0 fully saturated rings. The highest BCUT2D eigenvalue weighted by atomic mass is 35.5. The molecular formula is C15H14ClNO3S. The number of halogens is 1. The molecule has 2 aromatic rings. The second-order valence-corrected chi connectivity index (χ2v) is 6.25. The molecule has 0 aliphatic heterocycles. The van der Waals surface area contributed by atoms with Crippen molar-refractivity contribution in [1.82, 2.24) is 4.90 Å². The molecule has 0 aliphatic rings. The van der Waals surface area contributed by atoms with Gasteiger partial charge in [-0.2, -0.15) is 0 Å². The standard InChI is InChI=1S/C15H14ClNO3S/c1-17(2)14(18)13(10-6-4-3-5-7-10)20-15(19)11-8-9-12(16)21-11/h3-9,13H,1-2H3/t13-/m0/s1. The molecule has 0 saturated heterocycles. The molecule has 1 aromatic heterocycles. The van der Waals surface area contributed by atoms with E-state index in [0.29, 0.717) is 14.8 Å². The Balaban J connectivity index is 2.24. The number of benzene rings is 1. The summed E-state index contributed by atoms with van der Waals surface area (Å²) in [5, 5.41) is 0. The topological polar surface area (TPSA) is 46.6 Å². The maximum absolute atomic E-state index is 12.2. The van der Waals surface area contributed by atoms with Gasteiger partial charge in [0, 0.05) is 19.7 Å². The van der Waals surface area contributed by atoms with Crippen LogP contribution in [0, 0.1) is 0 Å². The molecule has 1 aromatic carbocycles. The highest BCUT2D eigenvalue weighted by Crippen LogP contribution is 2.26. The van der Waals surface area contributed by atoms with Crippen LogP contribution in [0.4, 0.5) is 0 Å². The van der Waals surface area contributed by atoms with Crippen molar-refractivity contribution in [2.75, 3.05) is 14.1 Å². The van der Waals surface area contributed by atoms with Crippen LogP contribution in [-0.2, 0) is 9.53 Å². The predicted molar refractivity (Wildman–Crippen MR) is 82.6 cm³/mol. The van der Waals surface area contributed by atoms with Crippen LogP contribution in [-0.4, -0.2) is 30.9 Å². The Kier molecular flexibility index (Phi) is 4.98. The Morgan fingerprint density at radius 2 is 1.81 bits per heavy atom. The van der Waals surface area contributed by atoms with Crippen LogP contribution in [0.15, 0.2) is 42.5 Å². The number of carbonyl (C=O) groups excluding carboxylic acids is 2. The number of hydrogen-bond acceptors (Lipinski definition) is 4. The fourth-order valence-electron chi connectivity index (χ4n) is 1.71. The number of hydrogen-bond donors (Lipinski definition) is 0. The maximum atomic E-state index is 12.2. The molecule has 1 heterocycles. The lowest BCUT2D eigenvalue weighted by molar-refractivity contribution is -0.138. The quantitative estimate of drug-likeness (QED) is 0.810. The van der Waals surface area contributed by atoms with E-state index < -0.39 is 12.1 Å². The Morgan fingerprint density at radius 3 is 2.33 bits per heavy atom. The van der Waals surface area contributed by atoms with E-state index in [9.17, 15) is 9.59 Å². The number of amides is 1. The van der Waals surface area contributed by atoms with E-state index in [2.05, 4.69) is 0 Å². The number of thiophene rings is 1. The molecule has 0 N–H and O–H groups in total. The van der Waals surface area contributed by atoms with Crippen LogP contribution in [0.25, 0.3) is 0 Å². The largest absolute Gasteiger partial charge is 0.443 e. The summed E-state index contributed by atoms with van der Waals surface area (Å²) in [5.41, 5.74) is 0.632. The Morgan fingerprint density at radius 1 is 1.14 bits per heavy atom. The van der Waals surface area contributed by atoms with Crippen molar-refractivity contribution < 1.29 is 14.3 Å². The van der Waals surface area contributed by atoms with E-state index in [1.807, 2.05) is 6.07 Å². The minimum atomic E-state index is -0.963. The molecule has 1 amide bonds. The molecule has 110 valence electrons. The zero-order valence-electron chi connectivity index (χ0n) is 11.6. The van der Waals surface area contributed by atoms with Crippen LogP contribution in [0.3, 0.4) is 0 Å². The van der Waals surface area contributed by atoms with Gasteiger partial charge in [-0.1, -0.05) is 41.9 Å². The normalized spacial score (nSPS) is 11.8. The van der Waals surface area contributed by atoms with Crippen molar-refractivity contribution in [1.29, 1.82) is 0 Å². The SMILES string of the molecule is CN(C)C(=O)[C@@H](OC(=O)c1ccc(Cl)s1)c1ccccc1. The third-order valence-corrected chi connectivity index (χ3v) is 3.98. The fourth-order valence-corrected chi connectivity index (χ4v) is 2.64. The van der Waals surface area contributed by atoms with Gasteiger partial charge >= 0.3 is 5.97 Å². The monoisotopic (exact) mass is 323 g/mol. The van der Waals surface area contributed by atoms with Crippen molar-refractivity contribution in [3.8, 4) is 0 Å². The van der Waals surface area contributed by atoms with Crippen molar-refractivity contribution in [3.05, 3.63) is 57.2 Å². The average molecular weight is 324 g/mol. The zero-order chi connectivity index (χ0) is 15.4. The summed E-state index contributed by atoms with van der Waals surface area (Å²) >= 11 is 6.93. The van der Waals surface area contributed by atoms with Gasteiger partial charge in [0.05, 0.1) is 4.34 Å². The Bertz CT molecular complexity index is 639. The maximum Gasteiger partial charge on any atom is 0.349 e. The van der Waals surface area contributed by atoms with E-state index in [1.165, 1.54) is 4.90 Å². The second kappa shape index (κ2) is 6.74. The molecule has 2 rings (SSSR count). The second-order valence-electron chi connectivity index (χ2n) is 4.53. The van der Waals surface area contributed by atoms with Crippen molar-refractivity contribution in [2.45, 2.75) is 6.10 Å². The van der Waals surface area contributed by atoms with Gasteiger partial charge in [0.2, 0.25) is 6.10 Å². The summed E-state index contributed by atoms with van der Waals surface area (Å²) in [6, 6.07) is 12.1. The minimum Gasteiger partial charge on any atom is -0.443 e. The summed E-state index contributed by atoms with van der Waals surface area (Å²) in [7, 11) is 3.24. The zero-order valence-corrected chi connectivity index (χ0v) is 13.1. The first-order chi connectivity index (χ1) is 9.99. The Labute approximate surface area is 131 Å². The van der Waals surface area contributed by atoms with Crippen LogP contribution in [0.5, 0.6) is 0 Å². The summed E-state index contributed by atoms with van der Waals surface area (Å²) in [4.78, 5) is 26.1. The molecule has 6 heteroatoms. The van der Waals surface area contributed by atoms with E-state index in [1.54, 1.807) is 50.5 Å². The predicted octanol–water partition coefficient (Wildman–Crippen LogP) is 3.39. The number of nitrogens with zero attached hydrogens (tertiary/aromatic N) is 1. The molecule has 0 unspecified atom stereocenters. The van der Waals surface area contributed by atoms with Crippen molar-refractivity contribution in [3.63, 3.8) is 0 Å². The number of likely N-dealkylation sites (N-methyl/N-ethyl adjacent to an activating group) is 1. The lowest BCUT2D eigenvalue weighted by Gasteiger charge is -2.20. The van der Waals surface area contributed by atoms with Crippen molar-refractivity contribution >= 4 is 34.8 Å². The number of ether oxygens (including phenoxy) is 1. The summed E-state index contributed by atoms with van der Waals surface area (Å²) in [5.74, 6) is -0.854. The van der Waals surface area contributed by atoms with Crippen LogP contribution < -0.4 is 0 Å². The van der Waals surface area contributed by atoms with Crippen molar-refractivity contribution in [2.24, 2.45) is 0 Å². The van der Waals surface area contributed by atoms with Gasteiger partial charge in [-0.05, 0) is 12.1 Å². The van der Waals surface area contributed by atoms with Crippen LogP contribution >= 0.6 is 22.9 Å². The molecular weight excluding hydrogens is 310 g/mol. The smallest absolute Gasteiger partial charge is 0.349 e. The van der Waals surface area contributed by atoms with E-state index in [0.717, 1.165) is 11.3 Å². The number of esters is 1. The molecule has 21 heavy (non-hydrogen) atoms. The first-order valence-electron chi connectivity index (χ1n) is 6.21. The van der Waals surface area contributed by atoms with Gasteiger partial charge in [0.15, 0.2) is 0 Å². The van der Waals surface area contributed by atoms with Gasteiger partial charge in [-0.15, -0.1) is 11.3 Å². The highest BCUT2D eigenvalue weighted by molar-refractivity contribution is 7.17. The lowest BCUT2D eigenvalue weighted by atomic mass is 10.1. The van der Waals surface area contributed by atoms with Gasteiger partial charge in [0.1, 0.15) is 4.88 Å². The molecule has 4 nitrogen and oxygen atoms in total. The lowest BCUT2D eigenvalue weighted by Crippen LogP contribution is -2.31. The molecule has 1 atom stereocenters. The van der Waals surface area contributed by atoms with Gasteiger partial charge < -0.3 is 9.64 Å². The highest BCUT2D eigenvalue weighted by Gasteiger charge is 2.27. The summed E-state index contributed by atoms with van der Waals surface area (Å²) in [6.07, 6.45) is -0.963. The Hall–Kier alpha value is -1.85. The molecule has 0 radical (unpaired) electrons. The number of carbonyl (C=O) groups is 2. The summed E-state index contributed by atoms with van der Waals surface area (Å²) in [6.45, 7) is 0. The minimum absolute atomic E-state index is 0.294. The van der Waals surface area contributed by atoms with Crippen LogP contribution in [0.2, 0.25) is 4.34 Å². The van der Waals surface area contributed by atoms with Gasteiger partial charge in [0.25, 0.3) is 5.91 Å². The molecule has 0 saturated carbocycles. The van der Waals surface area contributed by atoms with E-state index >= 15 is 0 Å². The molecule has 0 spiro atoms. The van der Waals surface area contributed by atoms with Gasteiger partial charge in [-0.3, -0.25) is 4.79 Å². The van der Waals surface area contributed by atoms with Gasteiger partial charge in [-0.25, -0.2) is 4.79 Å². The number of rotatable bonds is 4. The first kappa shape index (κ1) is 15.5. The third-order valence-electron chi connectivity index (χ3n) is 2.77. The molecule has 0 aliphatic carbocycles. The third kappa shape index (κ3) is 3.83. The van der Waals surface area contributed by atoms with E-state index in [4.69, 9.17) is 16.3 Å². The molecule has 0 bridgehead atoms. The van der Waals surface area contributed by atoms with Crippen LogP contribution in [0.1, 0.15) is 21.3 Å².